The molecule has 1 aromatic carbocycles. The predicted molar refractivity (Wildman–Crippen MR) is 113 cm³/mol. The first-order valence-electron chi connectivity index (χ1n) is 9.13. The van der Waals surface area contributed by atoms with Crippen LogP contribution in [0.1, 0.15) is 32.1 Å². The van der Waals surface area contributed by atoms with Crippen molar-refractivity contribution >= 4 is 64.0 Å². The highest BCUT2D eigenvalue weighted by Crippen LogP contribution is 2.64. The van der Waals surface area contributed by atoms with E-state index in [4.69, 9.17) is 23.2 Å². The van der Waals surface area contributed by atoms with Crippen LogP contribution in [0.15, 0.2) is 12.1 Å². The summed E-state index contributed by atoms with van der Waals surface area (Å²) in [5, 5.41) is 14.0. The number of nitrogens with zero attached hydrogens (tertiary/aromatic N) is 1. The minimum Gasteiger partial charge on any atom is -0.323 e. The summed E-state index contributed by atoms with van der Waals surface area (Å²) in [6.07, 6.45) is 5.43. The molecule has 3 fully saturated rings. The fraction of sp³-hybridized carbons (Fsp3) is 0.611. The van der Waals surface area contributed by atoms with Crippen molar-refractivity contribution in [2.75, 3.05) is 16.8 Å². The molecule has 27 heavy (non-hydrogen) atoms. The summed E-state index contributed by atoms with van der Waals surface area (Å²) in [6.45, 7) is 0. The molecule has 5 nitrogen and oxygen atoms in total. The van der Waals surface area contributed by atoms with E-state index in [1.807, 2.05) is 0 Å². The molecule has 2 unspecified atom stereocenters. The number of nitrogens with one attached hydrogen (secondary N) is 1. The van der Waals surface area contributed by atoms with Crippen molar-refractivity contribution in [3.63, 3.8) is 0 Å². The molecule has 2 bridgehead atoms. The van der Waals surface area contributed by atoms with Crippen molar-refractivity contribution in [3.05, 3.63) is 32.3 Å². The van der Waals surface area contributed by atoms with Gasteiger partial charge in [0.15, 0.2) is 0 Å². The zero-order chi connectivity index (χ0) is 19.2. The highest BCUT2D eigenvalue weighted by molar-refractivity contribution is 8.21. The second kappa shape index (κ2) is 7.65. The summed E-state index contributed by atoms with van der Waals surface area (Å²) < 4.78 is 0.317. The largest absolute Gasteiger partial charge is 0.323 e. The highest BCUT2D eigenvalue weighted by Gasteiger charge is 2.55. The average molecular weight is 447 g/mol. The van der Waals surface area contributed by atoms with Crippen molar-refractivity contribution in [2.24, 2.45) is 17.8 Å². The highest BCUT2D eigenvalue weighted by atomic mass is 35.5. The summed E-state index contributed by atoms with van der Waals surface area (Å²) in [5.41, 5.74) is 0.0800. The Morgan fingerprint density at radius 1 is 1.15 bits per heavy atom. The molecule has 0 radical (unpaired) electrons. The number of nitro groups is 1. The van der Waals surface area contributed by atoms with E-state index in [1.54, 1.807) is 0 Å². The van der Waals surface area contributed by atoms with E-state index in [9.17, 15) is 14.9 Å². The van der Waals surface area contributed by atoms with Crippen molar-refractivity contribution in [2.45, 2.75) is 36.2 Å². The zero-order valence-corrected chi connectivity index (χ0v) is 17.7. The van der Waals surface area contributed by atoms with Crippen molar-refractivity contribution in [1.29, 1.82) is 0 Å². The first-order chi connectivity index (χ1) is 12.9. The molecule has 2 atom stereocenters. The first-order valence-corrected chi connectivity index (χ1v) is 11.9. The number of non-ortho nitro benzene ring substituents is 1. The van der Waals surface area contributed by atoms with Crippen LogP contribution in [-0.2, 0) is 4.79 Å². The number of benzene rings is 1. The van der Waals surface area contributed by atoms with Gasteiger partial charge in [-0.1, -0.05) is 29.6 Å². The number of hydrogen-bond donors (Lipinski definition) is 1. The standard InChI is InChI=1S/C18H20Cl2N2O3S2/c19-14-8-13(22(24)25)9-15(20)16(14)21-17(23)10-6-11-2-1-3-12(7-10)18(11)26-4-5-27-18/h8-12H,1-7H2,(H,21,23). The van der Waals surface area contributed by atoms with Gasteiger partial charge in [0.25, 0.3) is 5.69 Å². The number of carbonyl (C=O) groups excluding carboxylic acids is 1. The minimum absolute atomic E-state index is 0.0601. The summed E-state index contributed by atoms with van der Waals surface area (Å²) in [4.78, 5) is 23.3. The third-order valence-electron chi connectivity index (χ3n) is 5.98. The van der Waals surface area contributed by atoms with E-state index in [0.717, 1.165) is 12.8 Å². The number of anilines is 1. The zero-order valence-electron chi connectivity index (χ0n) is 14.6. The van der Waals surface area contributed by atoms with E-state index in [2.05, 4.69) is 28.8 Å². The number of rotatable bonds is 3. The maximum Gasteiger partial charge on any atom is 0.272 e. The minimum atomic E-state index is -0.554. The second-order valence-electron chi connectivity index (χ2n) is 7.44. The van der Waals surface area contributed by atoms with Crippen molar-refractivity contribution in [3.8, 4) is 0 Å². The van der Waals surface area contributed by atoms with E-state index in [1.165, 1.54) is 42.9 Å². The number of amides is 1. The monoisotopic (exact) mass is 446 g/mol. The lowest BCUT2D eigenvalue weighted by molar-refractivity contribution is -0.384. The van der Waals surface area contributed by atoms with Crippen LogP contribution in [0.2, 0.25) is 10.0 Å². The van der Waals surface area contributed by atoms with Gasteiger partial charge in [-0.3, -0.25) is 14.9 Å². The number of nitro benzene ring substituents is 1. The molecule has 1 saturated heterocycles. The molecule has 1 amide bonds. The van der Waals surface area contributed by atoms with Crippen LogP contribution in [0, 0.1) is 27.9 Å². The lowest BCUT2D eigenvalue weighted by Crippen LogP contribution is -2.48. The summed E-state index contributed by atoms with van der Waals surface area (Å²) in [7, 11) is 0. The Balaban J connectivity index is 1.51. The molecule has 3 aliphatic rings. The van der Waals surface area contributed by atoms with Crippen molar-refractivity contribution in [1.82, 2.24) is 0 Å². The van der Waals surface area contributed by atoms with Crippen LogP contribution in [0.4, 0.5) is 11.4 Å². The molecular formula is C18H20Cl2N2O3S2. The van der Waals surface area contributed by atoms with Gasteiger partial charge in [-0.05, 0) is 37.5 Å². The Labute approximate surface area is 176 Å². The molecule has 9 heteroatoms. The topological polar surface area (TPSA) is 72.2 Å². The van der Waals surface area contributed by atoms with Gasteiger partial charge in [0.05, 0.1) is 24.7 Å². The van der Waals surface area contributed by atoms with Crippen LogP contribution in [-0.4, -0.2) is 26.4 Å². The Bertz CT molecular complexity index is 747. The fourth-order valence-corrected chi connectivity index (χ4v) is 9.34. The molecule has 146 valence electrons. The number of thioether (sulfide) groups is 2. The number of halogens is 2. The maximum absolute atomic E-state index is 12.9. The van der Waals surface area contributed by atoms with Gasteiger partial charge in [0, 0.05) is 29.6 Å². The van der Waals surface area contributed by atoms with Gasteiger partial charge >= 0.3 is 0 Å². The van der Waals surface area contributed by atoms with Crippen LogP contribution < -0.4 is 5.32 Å². The van der Waals surface area contributed by atoms with Crippen molar-refractivity contribution < 1.29 is 9.72 Å². The predicted octanol–water partition coefficient (Wildman–Crippen LogP) is 5.84. The van der Waals surface area contributed by atoms with Crippen LogP contribution in [0.3, 0.4) is 0 Å². The second-order valence-corrected chi connectivity index (χ2v) is 11.3. The van der Waals surface area contributed by atoms with E-state index >= 15 is 0 Å². The molecule has 1 heterocycles. The fourth-order valence-electron chi connectivity index (χ4n) is 4.83. The molecule has 2 saturated carbocycles. The van der Waals surface area contributed by atoms with Gasteiger partial charge < -0.3 is 5.32 Å². The molecule has 0 aromatic heterocycles. The van der Waals surface area contributed by atoms with Crippen LogP contribution >= 0.6 is 46.7 Å². The molecule has 1 spiro atoms. The number of hydrogen-bond acceptors (Lipinski definition) is 5. The summed E-state index contributed by atoms with van der Waals surface area (Å²) >= 11 is 16.5. The quantitative estimate of drug-likeness (QED) is 0.465. The van der Waals surface area contributed by atoms with Gasteiger partial charge in [0.1, 0.15) is 0 Å². The number of carbonyl (C=O) groups is 1. The van der Waals surface area contributed by atoms with E-state index in [0.29, 0.717) is 15.9 Å². The van der Waals surface area contributed by atoms with Gasteiger partial charge in [-0.15, -0.1) is 23.5 Å². The first kappa shape index (κ1) is 19.7. The normalized spacial score (nSPS) is 28.9. The Morgan fingerprint density at radius 3 is 2.22 bits per heavy atom. The Kier molecular flexibility index (Phi) is 5.58. The molecule has 1 N–H and O–H groups in total. The third kappa shape index (κ3) is 3.56. The Morgan fingerprint density at radius 2 is 1.70 bits per heavy atom. The molecular weight excluding hydrogens is 427 g/mol. The van der Waals surface area contributed by atoms with Gasteiger partial charge in [-0.25, -0.2) is 0 Å². The van der Waals surface area contributed by atoms with E-state index < -0.39 is 4.92 Å². The molecule has 4 rings (SSSR count). The van der Waals surface area contributed by atoms with Gasteiger partial charge in [-0.2, -0.15) is 0 Å². The SMILES string of the molecule is O=C(Nc1c(Cl)cc([N+](=O)[O-])cc1Cl)C1CC2CCCC(C1)C21SCCS1. The van der Waals surface area contributed by atoms with Gasteiger partial charge in [0.2, 0.25) is 5.91 Å². The molecule has 2 aliphatic carbocycles. The Hall–Kier alpha value is -0.630. The smallest absolute Gasteiger partial charge is 0.272 e. The average Bonchev–Trinajstić information content (AvgIpc) is 3.07. The van der Waals surface area contributed by atoms with E-state index in [-0.39, 0.29) is 33.2 Å². The van der Waals surface area contributed by atoms with Crippen LogP contribution in [0.25, 0.3) is 0 Å². The summed E-state index contributed by atoms with van der Waals surface area (Å²) in [5.74, 6) is 3.43. The third-order valence-corrected chi connectivity index (χ3v) is 10.6. The summed E-state index contributed by atoms with van der Waals surface area (Å²) in [6, 6.07) is 2.44. The lowest BCUT2D eigenvalue weighted by atomic mass is 9.67. The molecule has 1 aliphatic heterocycles. The van der Waals surface area contributed by atoms with Crippen LogP contribution in [0.5, 0.6) is 0 Å². The lowest BCUT2D eigenvalue weighted by Gasteiger charge is -2.52. The maximum atomic E-state index is 12.9. The molecule has 1 aromatic rings.